The van der Waals surface area contributed by atoms with E-state index in [2.05, 4.69) is 70.5 Å². The predicted molar refractivity (Wildman–Crippen MR) is 111 cm³/mol. The van der Waals surface area contributed by atoms with Crippen molar-refractivity contribution >= 4 is 28.6 Å². The summed E-state index contributed by atoms with van der Waals surface area (Å²) in [5.74, 6) is -0.727. The van der Waals surface area contributed by atoms with Gasteiger partial charge in [0.1, 0.15) is 6.04 Å². The molecule has 146 valence electrons. The summed E-state index contributed by atoms with van der Waals surface area (Å²) in [7, 11) is 0. The highest BCUT2D eigenvalue weighted by molar-refractivity contribution is 6.05. The number of benzene rings is 3. The number of urea groups is 1. The van der Waals surface area contributed by atoms with Crippen LogP contribution in [0.1, 0.15) is 12.0 Å². The molecule has 29 heavy (non-hydrogen) atoms. The van der Waals surface area contributed by atoms with Gasteiger partial charge in [-0.3, -0.25) is 14.9 Å². The first-order valence-corrected chi connectivity index (χ1v) is 9.55. The van der Waals surface area contributed by atoms with Crippen molar-refractivity contribution in [2.45, 2.75) is 18.9 Å². The summed E-state index contributed by atoms with van der Waals surface area (Å²) < 4.78 is 0. The SMILES string of the molecule is O=C(CC1NC(=O)NC1=O)NCCc1ccc(-c2ccc3ccccc3c2)cc1. The van der Waals surface area contributed by atoms with Crippen molar-refractivity contribution in [2.24, 2.45) is 0 Å². The maximum Gasteiger partial charge on any atom is 0.322 e. The van der Waals surface area contributed by atoms with Gasteiger partial charge in [-0.2, -0.15) is 0 Å². The van der Waals surface area contributed by atoms with Crippen molar-refractivity contribution in [3.63, 3.8) is 0 Å². The van der Waals surface area contributed by atoms with Gasteiger partial charge in [0.25, 0.3) is 5.91 Å². The van der Waals surface area contributed by atoms with Crippen LogP contribution in [-0.4, -0.2) is 30.4 Å². The average Bonchev–Trinajstić information content (AvgIpc) is 3.04. The lowest BCUT2D eigenvalue weighted by Gasteiger charge is -2.09. The Balaban J connectivity index is 1.30. The molecule has 3 N–H and O–H groups in total. The van der Waals surface area contributed by atoms with Crippen LogP contribution in [0.15, 0.2) is 66.7 Å². The van der Waals surface area contributed by atoms with E-state index in [4.69, 9.17) is 0 Å². The molecule has 1 fully saturated rings. The summed E-state index contributed by atoms with van der Waals surface area (Å²) in [4.78, 5) is 34.5. The average molecular weight is 387 g/mol. The molecular formula is C23H21N3O3. The molecule has 1 unspecified atom stereocenters. The maximum absolute atomic E-state index is 11.9. The summed E-state index contributed by atoms with van der Waals surface area (Å²) in [5, 5.41) is 9.75. The second kappa shape index (κ2) is 8.14. The molecule has 1 saturated heterocycles. The van der Waals surface area contributed by atoms with E-state index in [0.717, 1.165) is 11.1 Å². The first-order chi connectivity index (χ1) is 14.1. The van der Waals surface area contributed by atoms with Crippen LogP contribution in [-0.2, 0) is 16.0 Å². The van der Waals surface area contributed by atoms with Gasteiger partial charge in [0.2, 0.25) is 5.91 Å². The number of rotatable bonds is 6. The van der Waals surface area contributed by atoms with Crippen molar-refractivity contribution in [3.8, 4) is 11.1 Å². The molecule has 4 amide bonds. The summed E-state index contributed by atoms with van der Waals surface area (Å²) in [6.07, 6.45) is 0.630. The Kier molecular flexibility index (Phi) is 5.24. The largest absolute Gasteiger partial charge is 0.356 e. The van der Waals surface area contributed by atoms with Gasteiger partial charge < -0.3 is 10.6 Å². The summed E-state index contributed by atoms with van der Waals surface area (Å²) >= 11 is 0. The normalized spacial score (nSPS) is 15.8. The molecule has 1 heterocycles. The van der Waals surface area contributed by atoms with E-state index < -0.39 is 18.0 Å². The number of carbonyl (C=O) groups is 3. The number of fused-ring (bicyclic) bond motifs is 1. The lowest BCUT2D eigenvalue weighted by molar-refractivity contribution is -0.126. The monoisotopic (exact) mass is 387 g/mol. The van der Waals surface area contributed by atoms with Crippen LogP contribution in [0, 0.1) is 0 Å². The number of amides is 4. The summed E-state index contributed by atoms with van der Waals surface area (Å²) in [6.45, 7) is 0.469. The van der Waals surface area contributed by atoms with Crippen LogP contribution in [0.3, 0.4) is 0 Å². The van der Waals surface area contributed by atoms with Gasteiger partial charge in [-0.15, -0.1) is 0 Å². The predicted octanol–water partition coefficient (Wildman–Crippen LogP) is 2.76. The van der Waals surface area contributed by atoms with Crippen LogP contribution in [0.2, 0.25) is 0 Å². The van der Waals surface area contributed by atoms with Crippen molar-refractivity contribution < 1.29 is 14.4 Å². The topological polar surface area (TPSA) is 87.3 Å². The standard InChI is InChI=1S/C23H21N3O3/c27-21(14-20-22(28)26-23(29)25-20)24-12-11-15-5-7-17(8-6-15)19-10-9-16-3-1-2-4-18(16)13-19/h1-10,13,20H,11-12,14H2,(H,24,27)(H2,25,26,28,29). The third kappa shape index (κ3) is 4.43. The van der Waals surface area contributed by atoms with E-state index in [0.29, 0.717) is 13.0 Å². The first-order valence-electron chi connectivity index (χ1n) is 9.55. The minimum absolute atomic E-state index is 0.0571. The van der Waals surface area contributed by atoms with Crippen molar-refractivity contribution in [2.75, 3.05) is 6.54 Å². The van der Waals surface area contributed by atoms with E-state index in [-0.39, 0.29) is 12.3 Å². The molecular weight excluding hydrogens is 366 g/mol. The Morgan fingerprint density at radius 1 is 0.897 bits per heavy atom. The second-order valence-corrected chi connectivity index (χ2v) is 7.08. The zero-order valence-electron chi connectivity index (χ0n) is 15.8. The van der Waals surface area contributed by atoms with E-state index in [1.807, 2.05) is 12.1 Å². The third-order valence-corrected chi connectivity index (χ3v) is 5.02. The fraction of sp³-hybridized carbons (Fsp3) is 0.174. The highest BCUT2D eigenvalue weighted by Gasteiger charge is 2.30. The lowest BCUT2D eigenvalue weighted by atomic mass is 10.00. The quantitative estimate of drug-likeness (QED) is 0.569. The molecule has 6 heteroatoms. The lowest BCUT2D eigenvalue weighted by Crippen LogP contribution is -2.36. The number of imide groups is 1. The van der Waals surface area contributed by atoms with Gasteiger partial charge in [-0.1, -0.05) is 60.7 Å². The van der Waals surface area contributed by atoms with Gasteiger partial charge in [-0.05, 0) is 39.9 Å². The van der Waals surface area contributed by atoms with E-state index >= 15 is 0 Å². The molecule has 0 bridgehead atoms. The number of carbonyl (C=O) groups excluding carboxylic acids is 3. The molecule has 3 aromatic carbocycles. The molecule has 0 aliphatic carbocycles. The van der Waals surface area contributed by atoms with Crippen molar-refractivity contribution in [1.29, 1.82) is 0 Å². The summed E-state index contributed by atoms with van der Waals surface area (Å²) in [6, 6.07) is 21.6. The molecule has 1 aliphatic rings. The number of hydrogen-bond acceptors (Lipinski definition) is 3. The van der Waals surface area contributed by atoms with Crippen LogP contribution in [0.25, 0.3) is 21.9 Å². The van der Waals surface area contributed by atoms with Gasteiger partial charge in [0, 0.05) is 6.54 Å². The van der Waals surface area contributed by atoms with Crippen LogP contribution >= 0.6 is 0 Å². The molecule has 1 aliphatic heterocycles. The fourth-order valence-corrected chi connectivity index (χ4v) is 3.44. The maximum atomic E-state index is 11.9. The molecule has 4 rings (SSSR count). The van der Waals surface area contributed by atoms with Crippen LogP contribution in [0.5, 0.6) is 0 Å². The Labute approximate surface area is 168 Å². The Morgan fingerprint density at radius 2 is 1.62 bits per heavy atom. The second-order valence-electron chi connectivity index (χ2n) is 7.08. The highest BCUT2D eigenvalue weighted by atomic mass is 16.2. The fourth-order valence-electron chi connectivity index (χ4n) is 3.44. The molecule has 3 aromatic rings. The smallest absolute Gasteiger partial charge is 0.322 e. The zero-order chi connectivity index (χ0) is 20.2. The van der Waals surface area contributed by atoms with E-state index in [1.54, 1.807) is 0 Å². The molecule has 1 atom stereocenters. The van der Waals surface area contributed by atoms with Crippen molar-refractivity contribution in [3.05, 3.63) is 72.3 Å². The minimum atomic E-state index is -0.788. The minimum Gasteiger partial charge on any atom is -0.356 e. The number of nitrogens with one attached hydrogen (secondary N) is 3. The van der Waals surface area contributed by atoms with Crippen LogP contribution in [0.4, 0.5) is 4.79 Å². The van der Waals surface area contributed by atoms with Crippen molar-refractivity contribution in [1.82, 2.24) is 16.0 Å². The van der Waals surface area contributed by atoms with Gasteiger partial charge in [-0.25, -0.2) is 4.79 Å². The Morgan fingerprint density at radius 3 is 2.34 bits per heavy atom. The highest BCUT2D eigenvalue weighted by Crippen LogP contribution is 2.24. The molecule has 0 aromatic heterocycles. The van der Waals surface area contributed by atoms with Gasteiger partial charge in [0.05, 0.1) is 6.42 Å². The van der Waals surface area contributed by atoms with E-state index in [9.17, 15) is 14.4 Å². The molecule has 0 spiro atoms. The third-order valence-electron chi connectivity index (χ3n) is 5.02. The molecule has 6 nitrogen and oxygen atoms in total. The van der Waals surface area contributed by atoms with Crippen LogP contribution < -0.4 is 16.0 Å². The number of hydrogen-bond donors (Lipinski definition) is 3. The Hall–Kier alpha value is -3.67. The molecule has 0 radical (unpaired) electrons. The van der Waals surface area contributed by atoms with Gasteiger partial charge >= 0.3 is 6.03 Å². The van der Waals surface area contributed by atoms with Gasteiger partial charge in [0.15, 0.2) is 0 Å². The Bertz CT molecular complexity index is 1080. The zero-order valence-corrected chi connectivity index (χ0v) is 15.8. The molecule has 0 saturated carbocycles. The summed E-state index contributed by atoms with van der Waals surface area (Å²) in [5.41, 5.74) is 3.42. The first kappa shape index (κ1) is 18.7. The van der Waals surface area contributed by atoms with E-state index in [1.165, 1.54) is 16.3 Å².